The van der Waals surface area contributed by atoms with Crippen molar-refractivity contribution in [1.29, 1.82) is 0 Å². The highest BCUT2D eigenvalue weighted by Crippen LogP contribution is 2.33. The van der Waals surface area contributed by atoms with Crippen molar-refractivity contribution in [3.05, 3.63) is 85.5 Å². The summed E-state index contributed by atoms with van der Waals surface area (Å²) in [6, 6.07) is 7.44. The number of aryl methyl sites for hydroxylation is 1. The summed E-state index contributed by atoms with van der Waals surface area (Å²) in [6.07, 6.45) is 5.40. The lowest BCUT2D eigenvalue weighted by atomic mass is 9.93. The zero-order valence-corrected chi connectivity index (χ0v) is 19.7. The molecule has 2 atom stereocenters. The van der Waals surface area contributed by atoms with Gasteiger partial charge < -0.3 is 15.0 Å². The number of benzene rings is 1. The molecular formula is C24H25ClN6O3. The first-order valence-corrected chi connectivity index (χ1v) is 11.5. The molecule has 0 radical (unpaired) electrons. The Morgan fingerprint density at radius 3 is 2.88 bits per heavy atom. The van der Waals surface area contributed by atoms with Crippen molar-refractivity contribution in [3.8, 4) is 11.3 Å². The van der Waals surface area contributed by atoms with Crippen LogP contribution in [0.2, 0.25) is 5.02 Å². The highest BCUT2D eigenvalue weighted by Gasteiger charge is 2.22. The van der Waals surface area contributed by atoms with Crippen LogP contribution in [0.25, 0.3) is 16.8 Å². The summed E-state index contributed by atoms with van der Waals surface area (Å²) in [5, 5.41) is 8.43. The van der Waals surface area contributed by atoms with E-state index in [0.717, 1.165) is 51.0 Å². The zero-order chi connectivity index (χ0) is 23.8. The number of H-pyrrole nitrogens is 1. The maximum atomic E-state index is 12.2. The van der Waals surface area contributed by atoms with Gasteiger partial charge in [0, 0.05) is 48.1 Å². The Kier molecular flexibility index (Phi) is 6.07. The molecular weight excluding hydrogens is 456 g/mol. The second-order valence-corrected chi connectivity index (χ2v) is 9.15. The van der Waals surface area contributed by atoms with Crippen LogP contribution in [0.1, 0.15) is 23.6 Å². The SMILES string of the molecule is Cc1cc(Cl)cc(-c2ncnn3cc(Cn4c(=O)cc[nH]c4=O)cc23)c1CC1CN[C@@H](C)CO1. The van der Waals surface area contributed by atoms with Gasteiger partial charge in [-0.2, -0.15) is 5.10 Å². The van der Waals surface area contributed by atoms with Crippen LogP contribution < -0.4 is 16.6 Å². The van der Waals surface area contributed by atoms with E-state index in [2.05, 4.69) is 27.3 Å². The van der Waals surface area contributed by atoms with E-state index in [4.69, 9.17) is 16.3 Å². The van der Waals surface area contributed by atoms with Gasteiger partial charge in [-0.25, -0.2) is 14.3 Å². The number of rotatable bonds is 5. The largest absolute Gasteiger partial charge is 0.375 e. The summed E-state index contributed by atoms with van der Waals surface area (Å²) >= 11 is 6.46. The second-order valence-electron chi connectivity index (χ2n) is 8.71. The molecule has 1 aliphatic rings. The number of hydrogen-bond donors (Lipinski definition) is 2. The molecule has 10 heteroatoms. The molecule has 0 saturated carbocycles. The van der Waals surface area contributed by atoms with Gasteiger partial charge in [-0.3, -0.25) is 9.36 Å². The fourth-order valence-electron chi connectivity index (χ4n) is 4.41. The Balaban J connectivity index is 1.57. The number of morpholine rings is 1. The van der Waals surface area contributed by atoms with Crippen LogP contribution in [0.4, 0.5) is 0 Å². The number of nitrogens with zero attached hydrogens (tertiary/aromatic N) is 4. The molecule has 0 spiro atoms. The number of halogens is 1. The Morgan fingerprint density at radius 1 is 1.26 bits per heavy atom. The lowest BCUT2D eigenvalue weighted by Crippen LogP contribution is -2.45. The Bertz CT molecular complexity index is 1440. The topological polar surface area (TPSA) is 106 Å². The monoisotopic (exact) mass is 480 g/mol. The highest BCUT2D eigenvalue weighted by molar-refractivity contribution is 6.31. The summed E-state index contributed by atoms with van der Waals surface area (Å²) in [7, 11) is 0. The second kappa shape index (κ2) is 9.17. The van der Waals surface area contributed by atoms with E-state index in [1.165, 1.54) is 18.6 Å². The first-order valence-electron chi connectivity index (χ1n) is 11.1. The summed E-state index contributed by atoms with van der Waals surface area (Å²) in [5.41, 5.74) is 4.52. The molecule has 1 aromatic carbocycles. The van der Waals surface area contributed by atoms with Crippen LogP contribution in [0.5, 0.6) is 0 Å². The van der Waals surface area contributed by atoms with Gasteiger partial charge in [0.15, 0.2) is 0 Å². The molecule has 5 rings (SSSR count). The molecule has 4 heterocycles. The van der Waals surface area contributed by atoms with Crippen molar-refractivity contribution in [2.75, 3.05) is 13.2 Å². The van der Waals surface area contributed by atoms with Crippen molar-refractivity contribution in [3.63, 3.8) is 0 Å². The lowest BCUT2D eigenvalue weighted by Gasteiger charge is -2.29. The maximum Gasteiger partial charge on any atom is 0.328 e. The van der Waals surface area contributed by atoms with Gasteiger partial charge in [0.25, 0.3) is 5.56 Å². The van der Waals surface area contributed by atoms with Crippen LogP contribution in [0.3, 0.4) is 0 Å². The standard InChI is InChI=1S/C24H25ClN6O3/c1-14-5-17(25)7-20(19(14)8-18-9-27-15(2)12-34-18)23-21-6-16(11-31(21)29-13-28-23)10-30-22(32)3-4-26-24(30)33/h3-7,11,13,15,18,27H,8-10,12H2,1-2H3,(H,26,33)/t15-,18?/m0/s1. The third kappa shape index (κ3) is 4.42. The number of aromatic nitrogens is 5. The van der Waals surface area contributed by atoms with Gasteiger partial charge in [-0.1, -0.05) is 11.6 Å². The molecule has 0 amide bonds. The molecule has 0 bridgehead atoms. The minimum absolute atomic E-state index is 0.0479. The van der Waals surface area contributed by atoms with Gasteiger partial charge in [0.2, 0.25) is 0 Å². The molecule has 1 saturated heterocycles. The van der Waals surface area contributed by atoms with E-state index in [-0.39, 0.29) is 18.2 Å². The van der Waals surface area contributed by atoms with Crippen LogP contribution in [0, 0.1) is 6.92 Å². The molecule has 176 valence electrons. The Hall–Kier alpha value is -3.27. The van der Waals surface area contributed by atoms with E-state index >= 15 is 0 Å². The van der Waals surface area contributed by atoms with Crippen molar-refractivity contribution < 1.29 is 4.74 Å². The fourth-order valence-corrected chi connectivity index (χ4v) is 4.68. The summed E-state index contributed by atoms with van der Waals surface area (Å²) in [6.45, 7) is 5.72. The normalized spacial score (nSPS) is 18.4. The number of hydrogen-bond acceptors (Lipinski definition) is 6. The maximum absolute atomic E-state index is 12.2. The third-order valence-electron chi connectivity index (χ3n) is 6.15. The fraction of sp³-hybridized carbons (Fsp3) is 0.333. The summed E-state index contributed by atoms with van der Waals surface area (Å²) < 4.78 is 8.90. The highest BCUT2D eigenvalue weighted by atomic mass is 35.5. The van der Waals surface area contributed by atoms with E-state index in [1.807, 2.05) is 25.1 Å². The van der Waals surface area contributed by atoms with Crippen LogP contribution in [-0.2, 0) is 17.7 Å². The number of ether oxygens (including phenoxy) is 1. The van der Waals surface area contributed by atoms with Crippen LogP contribution in [0.15, 0.2) is 52.6 Å². The quantitative estimate of drug-likeness (QED) is 0.453. The van der Waals surface area contributed by atoms with Gasteiger partial charge in [-0.15, -0.1) is 0 Å². The summed E-state index contributed by atoms with van der Waals surface area (Å²) in [4.78, 5) is 31.4. The molecule has 3 aromatic heterocycles. The van der Waals surface area contributed by atoms with Crippen molar-refractivity contribution in [2.24, 2.45) is 0 Å². The van der Waals surface area contributed by atoms with Crippen LogP contribution in [-0.4, -0.2) is 49.4 Å². The first-order chi connectivity index (χ1) is 16.4. The van der Waals surface area contributed by atoms with Crippen molar-refractivity contribution in [2.45, 2.75) is 39.0 Å². The lowest BCUT2D eigenvalue weighted by molar-refractivity contribution is 0.00880. The predicted molar refractivity (Wildman–Crippen MR) is 130 cm³/mol. The zero-order valence-electron chi connectivity index (χ0n) is 18.9. The average Bonchev–Trinajstić information content (AvgIpc) is 3.22. The van der Waals surface area contributed by atoms with Gasteiger partial charge in [0.1, 0.15) is 6.33 Å². The third-order valence-corrected chi connectivity index (χ3v) is 6.37. The molecule has 1 unspecified atom stereocenters. The van der Waals surface area contributed by atoms with E-state index in [1.54, 1.807) is 10.7 Å². The number of nitrogens with one attached hydrogen (secondary N) is 2. The predicted octanol–water partition coefficient (Wildman–Crippen LogP) is 2.18. The van der Waals surface area contributed by atoms with Crippen molar-refractivity contribution >= 4 is 17.1 Å². The number of aromatic amines is 1. The minimum atomic E-state index is -0.461. The smallest absolute Gasteiger partial charge is 0.328 e. The van der Waals surface area contributed by atoms with E-state index in [9.17, 15) is 9.59 Å². The average molecular weight is 481 g/mol. The Labute approximate surface area is 200 Å². The minimum Gasteiger partial charge on any atom is -0.375 e. The van der Waals surface area contributed by atoms with E-state index < -0.39 is 5.69 Å². The molecule has 0 aliphatic carbocycles. The molecule has 1 fully saturated rings. The van der Waals surface area contributed by atoms with Crippen LogP contribution >= 0.6 is 11.6 Å². The van der Waals surface area contributed by atoms with Gasteiger partial charge >= 0.3 is 5.69 Å². The summed E-state index contributed by atoms with van der Waals surface area (Å²) in [5.74, 6) is 0. The molecule has 9 nitrogen and oxygen atoms in total. The molecule has 1 aliphatic heterocycles. The van der Waals surface area contributed by atoms with Gasteiger partial charge in [0.05, 0.1) is 30.5 Å². The first kappa shape index (κ1) is 22.5. The molecule has 2 N–H and O–H groups in total. The van der Waals surface area contributed by atoms with E-state index in [0.29, 0.717) is 17.7 Å². The Morgan fingerprint density at radius 2 is 2.12 bits per heavy atom. The molecule has 34 heavy (non-hydrogen) atoms. The van der Waals surface area contributed by atoms with Crippen molar-refractivity contribution in [1.82, 2.24) is 29.5 Å². The van der Waals surface area contributed by atoms with Gasteiger partial charge in [-0.05, 0) is 48.7 Å². The number of fused-ring (bicyclic) bond motifs is 1. The molecule has 4 aromatic rings.